The van der Waals surface area contributed by atoms with Crippen molar-refractivity contribution in [2.75, 3.05) is 34.3 Å². The molecule has 5 amide bonds. The molecule has 1 aliphatic heterocycles. The number of hydrogen-bond acceptors (Lipinski definition) is 5. The number of urea groups is 1. The lowest BCUT2D eigenvalue weighted by atomic mass is 9.92. The van der Waals surface area contributed by atoms with Crippen LogP contribution in [0.4, 0.5) is 4.79 Å². The summed E-state index contributed by atoms with van der Waals surface area (Å²) < 4.78 is 5.15. The molecule has 2 N–H and O–H groups in total. The summed E-state index contributed by atoms with van der Waals surface area (Å²) in [7, 11) is 4.62. The summed E-state index contributed by atoms with van der Waals surface area (Å²) >= 11 is 0. The van der Waals surface area contributed by atoms with Crippen molar-refractivity contribution in [3.63, 3.8) is 0 Å². The highest BCUT2D eigenvalue weighted by molar-refractivity contribution is 6.09. The number of nitrogens with one attached hydrogen (secondary N) is 2. The van der Waals surface area contributed by atoms with Crippen molar-refractivity contribution < 1.29 is 23.9 Å². The predicted molar refractivity (Wildman–Crippen MR) is 92.3 cm³/mol. The monoisotopic (exact) mass is 362 g/mol. The van der Waals surface area contributed by atoms with E-state index in [1.165, 1.54) is 12.0 Å². The molecule has 0 unspecified atom stereocenters. The van der Waals surface area contributed by atoms with Gasteiger partial charge < -0.3 is 20.3 Å². The van der Waals surface area contributed by atoms with Gasteiger partial charge in [0.15, 0.2) is 0 Å². The molecule has 1 heterocycles. The third kappa shape index (κ3) is 3.76. The predicted octanol–water partition coefficient (Wildman–Crippen LogP) is -0.333. The van der Waals surface area contributed by atoms with Crippen molar-refractivity contribution in [3.8, 4) is 5.75 Å². The highest BCUT2D eigenvalue weighted by Crippen LogP contribution is 2.30. The summed E-state index contributed by atoms with van der Waals surface area (Å²) in [4.78, 5) is 50.6. The first kappa shape index (κ1) is 19.2. The number of likely N-dealkylation sites (N-methyl/N-ethyl adjacent to an activating group) is 1. The molecule has 0 saturated carbocycles. The van der Waals surface area contributed by atoms with E-state index < -0.39 is 29.9 Å². The number of nitrogens with zero attached hydrogens (tertiary/aromatic N) is 2. The molecule has 26 heavy (non-hydrogen) atoms. The van der Waals surface area contributed by atoms with Crippen molar-refractivity contribution in [1.29, 1.82) is 0 Å². The molecule has 0 radical (unpaired) electrons. The molecule has 0 aromatic heterocycles. The fraction of sp³-hybridized carbons (Fsp3) is 0.412. The maximum Gasteiger partial charge on any atom is 0.325 e. The highest BCUT2D eigenvalue weighted by Gasteiger charge is 2.49. The number of carbonyl (C=O) groups is 4. The highest BCUT2D eigenvalue weighted by atomic mass is 16.5. The van der Waals surface area contributed by atoms with Crippen LogP contribution in [0.2, 0.25) is 0 Å². The molecule has 9 nitrogen and oxygen atoms in total. The van der Waals surface area contributed by atoms with Crippen LogP contribution in [0.3, 0.4) is 0 Å². The van der Waals surface area contributed by atoms with Crippen LogP contribution < -0.4 is 15.4 Å². The molecule has 0 bridgehead atoms. The number of methoxy groups -OCH3 is 1. The topological polar surface area (TPSA) is 108 Å². The van der Waals surface area contributed by atoms with Gasteiger partial charge in [-0.05, 0) is 24.6 Å². The van der Waals surface area contributed by atoms with Gasteiger partial charge in [-0.3, -0.25) is 19.3 Å². The number of imide groups is 1. The number of carbonyl (C=O) groups excluding carboxylic acids is 4. The minimum absolute atomic E-state index is 0.206. The largest absolute Gasteiger partial charge is 0.497 e. The Balaban J connectivity index is 2.10. The Bertz CT molecular complexity index is 748. The molecule has 1 atom stereocenters. The first-order valence-corrected chi connectivity index (χ1v) is 7.94. The SMILES string of the molecule is COc1cccc([C@]2(C)NC(=O)N(CC(=O)NCC(=O)N(C)C)C2=O)c1. The average molecular weight is 362 g/mol. The van der Waals surface area contributed by atoms with Gasteiger partial charge in [0.25, 0.3) is 5.91 Å². The van der Waals surface area contributed by atoms with E-state index >= 15 is 0 Å². The second kappa shape index (κ2) is 7.42. The zero-order chi connectivity index (χ0) is 19.5. The number of amides is 5. The quantitative estimate of drug-likeness (QED) is 0.674. The molecule has 1 fully saturated rings. The van der Waals surface area contributed by atoms with Crippen LogP contribution in [0, 0.1) is 0 Å². The van der Waals surface area contributed by atoms with Gasteiger partial charge in [-0.1, -0.05) is 12.1 Å². The first-order chi connectivity index (χ1) is 12.2. The van der Waals surface area contributed by atoms with Crippen molar-refractivity contribution in [3.05, 3.63) is 29.8 Å². The van der Waals surface area contributed by atoms with Crippen molar-refractivity contribution in [1.82, 2.24) is 20.4 Å². The van der Waals surface area contributed by atoms with E-state index in [0.29, 0.717) is 11.3 Å². The van der Waals surface area contributed by atoms with E-state index in [4.69, 9.17) is 4.74 Å². The summed E-state index contributed by atoms with van der Waals surface area (Å²) in [5.74, 6) is -0.899. The fourth-order valence-corrected chi connectivity index (χ4v) is 2.50. The maximum atomic E-state index is 12.8. The van der Waals surface area contributed by atoms with Gasteiger partial charge in [0.1, 0.15) is 17.8 Å². The molecular formula is C17H22N4O5. The van der Waals surface area contributed by atoms with E-state index in [2.05, 4.69) is 10.6 Å². The Morgan fingerprint density at radius 2 is 2.00 bits per heavy atom. The average Bonchev–Trinajstić information content (AvgIpc) is 2.83. The van der Waals surface area contributed by atoms with Gasteiger partial charge in [0.05, 0.1) is 13.7 Å². The van der Waals surface area contributed by atoms with E-state index in [0.717, 1.165) is 4.90 Å². The number of ether oxygens (including phenoxy) is 1. The molecule has 2 rings (SSSR count). The third-order valence-electron chi connectivity index (χ3n) is 4.16. The van der Waals surface area contributed by atoms with Crippen LogP contribution in [0.15, 0.2) is 24.3 Å². The van der Waals surface area contributed by atoms with E-state index in [1.54, 1.807) is 45.3 Å². The lowest BCUT2D eigenvalue weighted by Crippen LogP contribution is -2.45. The zero-order valence-corrected chi connectivity index (χ0v) is 15.2. The summed E-state index contributed by atoms with van der Waals surface area (Å²) in [5, 5.41) is 5.01. The van der Waals surface area contributed by atoms with Crippen molar-refractivity contribution in [2.24, 2.45) is 0 Å². The number of rotatable bonds is 6. The van der Waals surface area contributed by atoms with E-state index in [-0.39, 0.29) is 12.5 Å². The minimum Gasteiger partial charge on any atom is -0.497 e. The van der Waals surface area contributed by atoms with Gasteiger partial charge in [0, 0.05) is 14.1 Å². The van der Waals surface area contributed by atoms with Gasteiger partial charge in [-0.15, -0.1) is 0 Å². The maximum absolute atomic E-state index is 12.8. The molecule has 0 spiro atoms. The molecule has 140 valence electrons. The van der Waals surface area contributed by atoms with Crippen LogP contribution in [-0.4, -0.2) is 67.8 Å². The molecule has 0 aliphatic carbocycles. The normalized spacial score (nSPS) is 19.2. The first-order valence-electron chi connectivity index (χ1n) is 7.94. The summed E-state index contributed by atoms with van der Waals surface area (Å²) in [6.07, 6.45) is 0. The second-order valence-electron chi connectivity index (χ2n) is 6.24. The van der Waals surface area contributed by atoms with Crippen molar-refractivity contribution >= 4 is 23.8 Å². The van der Waals surface area contributed by atoms with Gasteiger partial charge in [0.2, 0.25) is 11.8 Å². The second-order valence-corrected chi connectivity index (χ2v) is 6.24. The van der Waals surface area contributed by atoms with E-state index in [9.17, 15) is 19.2 Å². The Morgan fingerprint density at radius 1 is 1.31 bits per heavy atom. The van der Waals surface area contributed by atoms with Crippen LogP contribution in [0.25, 0.3) is 0 Å². The van der Waals surface area contributed by atoms with Gasteiger partial charge in [-0.25, -0.2) is 4.79 Å². The van der Waals surface area contributed by atoms with Gasteiger partial charge >= 0.3 is 6.03 Å². The lowest BCUT2D eigenvalue weighted by Gasteiger charge is -2.22. The van der Waals surface area contributed by atoms with Crippen LogP contribution in [0.1, 0.15) is 12.5 Å². The molecule has 1 saturated heterocycles. The Morgan fingerprint density at radius 3 is 2.62 bits per heavy atom. The third-order valence-corrected chi connectivity index (χ3v) is 4.16. The lowest BCUT2D eigenvalue weighted by molar-refractivity contribution is -0.135. The van der Waals surface area contributed by atoms with Crippen molar-refractivity contribution in [2.45, 2.75) is 12.5 Å². The summed E-state index contributed by atoms with van der Waals surface area (Å²) in [6.45, 7) is 0.892. The molecule has 1 aromatic rings. The van der Waals surface area contributed by atoms with Crippen LogP contribution in [0.5, 0.6) is 5.75 Å². The minimum atomic E-state index is -1.30. The number of benzene rings is 1. The van der Waals surface area contributed by atoms with E-state index in [1.807, 2.05) is 0 Å². The standard InChI is InChI=1S/C17H22N4O5/c1-17(11-6-5-7-12(8-11)26-4)15(24)21(16(25)19-17)10-13(22)18-9-14(23)20(2)3/h5-8H,9-10H2,1-4H3,(H,18,22)(H,19,25)/t17-/m0/s1. The van der Waals surface area contributed by atoms with Crippen LogP contribution >= 0.6 is 0 Å². The molecule has 1 aromatic carbocycles. The summed E-state index contributed by atoms with van der Waals surface area (Å²) in [5.41, 5.74) is -0.758. The smallest absolute Gasteiger partial charge is 0.325 e. The fourth-order valence-electron chi connectivity index (χ4n) is 2.50. The number of hydrogen-bond donors (Lipinski definition) is 2. The molecule has 9 heteroatoms. The molecule has 1 aliphatic rings. The summed E-state index contributed by atoms with van der Waals surface area (Å²) in [6, 6.07) is 6.11. The zero-order valence-electron chi connectivity index (χ0n) is 15.2. The molecular weight excluding hydrogens is 340 g/mol. The Hall–Kier alpha value is -3.10. The Kier molecular flexibility index (Phi) is 5.49. The van der Waals surface area contributed by atoms with Gasteiger partial charge in [-0.2, -0.15) is 0 Å². The Labute approximate surface area is 151 Å². The van der Waals surface area contributed by atoms with Crippen LogP contribution in [-0.2, 0) is 19.9 Å².